The molecule has 442 valence electrons. The van der Waals surface area contributed by atoms with Crippen molar-refractivity contribution in [3.63, 3.8) is 0 Å². The molecule has 0 heterocycles. The number of unbranched alkanes of at least 4 members (excludes halogenated alkanes) is 31. The quantitative estimate of drug-likeness (QED) is 0.0205. The van der Waals surface area contributed by atoms with Crippen LogP contribution in [-0.2, 0) is 27.9 Å². The summed E-state index contributed by atoms with van der Waals surface area (Å²) in [4.78, 5) is 37.6. The lowest BCUT2D eigenvalue weighted by molar-refractivity contribution is -0.870. The zero-order valence-corrected chi connectivity index (χ0v) is 51.4. The van der Waals surface area contributed by atoms with Crippen molar-refractivity contribution < 1.29 is 37.3 Å². The molecule has 0 spiro atoms. The molecule has 1 amide bonds. The summed E-state index contributed by atoms with van der Waals surface area (Å²) >= 11 is 0. The van der Waals surface area contributed by atoms with Crippen LogP contribution in [0.3, 0.4) is 0 Å². The molecule has 9 nitrogen and oxygen atoms in total. The Balaban J connectivity index is 5.04. The summed E-state index contributed by atoms with van der Waals surface area (Å²) in [6, 6.07) is -0.854. The summed E-state index contributed by atoms with van der Waals surface area (Å²) in [6.45, 7) is 6.94. The Kier molecular flexibility index (Phi) is 53.9. The number of allylic oxidation sites excluding steroid dienone is 11. The fourth-order valence-corrected chi connectivity index (χ4v) is 9.64. The van der Waals surface area contributed by atoms with Gasteiger partial charge in [-0.05, 0) is 96.0 Å². The number of carbonyl (C=O) groups is 2. The number of ether oxygens (including phenoxy) is 1. The topological polar surface area (TPSA) is 111 Å². The van der Waals surface area contributed by atoms with Crippen LogP contribution >= 0.6 is 7.82 Å². The Morgan fingerprint density at radius 1 is 0.461 bits per heavy atom. The summed E-state index contributed by atoms with van der Waals surface area (Å²) in [6.07, 6.45) is 71.9. The van der Waals surface area contributed by atoms with Crippen molar-refractivity contribution >= 4 is 19.7 Å². The fraction of sp³-hybridized carbons (Fsp3) is 0.788. The number of likely N-dealkylation sites (N-methyl/N-ethyl adjacent to an activating group) is 1. The van der Waals surface area contributed by atoms with Crippen LogP contribution in [0.2, 0.25) is 0 Å². The van der Waals surface area contributed by atoms with Crippen molar-refractivity contribution in [2.24, 2.45) is 0 Å². The average molecular weight is 1090 g/mol. The van der Waals surface area contributed by atoms with Crippen LogP contribution in [0.5, 0.6) is 0 Å². The Morgan fingerprint density at radius 3 is 1.28 bits per heavy atom. The molecule has 0 aliphatic heterocycles. The van der Waals surface area contributed by atoms with E-state index in [0.29, 0.717) is 17.4 Å². The summed E-state index contributed by atoms with van der Waals surface area (Å²) < 4.78 is 30.6. The number of nitrogens with zero attached hydrogens (tertiary/aromatic N) is 1. The molecule has 76 heavy (non-hydrogen) atoms. The number of carbonyl (C=O) groups excluding carboxylic acids is 2. The molecule has 0 aromatic heterocycles. The Bertz CT molecular complexity index is 1530. The molecular formula is C66H122N2O7P+. The van der Waals surface area contributed by atoms with Gasteiger partial charge in [0.05, 0.1) is 33.8 Å². The molecule has 0 saturated carbocycles. The van der Waals surface area contributed by atoms with Gasteiger partial charge in [-0.2, -0.15) is 0 Å². The molecule has 0 aliphatic rings. The highest BCUT2D eigenvalue weighted by Crippen LogP contribution is 2.43. The minimum absolute atomic E-state index is 0.0366. The van der Waals surface area contributed by atoms with E-state index in [1.54, 1.807) is 0 Å². The first kappa shape index (κ1) is 73.5. The van der Waals surface area contributed by atoms with Gasteiger partial charge >= 0.3 is 13.8 Å². The van der Waals surface area contributed by atoms with Crippen molar-refractivity contribution in [1.29, 1.82) is 0 Å². The zero-order valence-electron chi connectivity index (χ0n) is 50.5. The molecule has 10 heteroatoms. The minimum atomic E-state index is -4.45. The van der Waals surface area contributed by atoms with Crippen molar-refractivity contribution in [3.05, 3.63) is 72.9 Å². The monoisotopic (exact) mass is 1090 g/mol. The number of amides is 1. The van der Waals surface area contributed by atoms with Crippen molar-refractivity contribution in [1.82, 2.24) is 5.32 Å². The normalized spacial score (nSPS) is 14.1. The van der Waals surface area contributed by atoms with E-state index in [4.69, 9.17) is 13.8 Å². The Morgan fingerprint density at radius 2 is 0.816 bits per heavy atom. The van der Waals surface area contributed by atoms with E-state index in [9.17, 15) is 19.0 Å². The van der Waals surface area contributed by atoms with Crippen molar-refractivity contribution in [2.75, 3.05) is 40.9 Å². The molecule has 0 radical (unpaired) electrons. The molecule has 0 aliphatic carbocycles. The smallest absolute Gasteiger partial charge is 0.456 e. The first-order chi connectivity index (χ1) is 36.9. The fourth-order valence-electron chi connectivity index (χ4n) is 8.90. The van der Waals surface area contributed by atoms with Crippen LogP contribution < -0.4 is 5.32 Å². The third kappa shape index (κ3) is 56.2. The molecule has 0 saturated heterocycles. The number of esters is 1. The van der Waals surface area contributed by atoms with E-state index in [1.165, 1.54) is 148 Å². The molecule has 2 N–H and O–H groups in total. The SMILES string of the molecule is CCCC/C=C\CCCCCCCC(=O)NC(COP(=O)(O)OCC[N+](C)(C)C)C(/C=C\CCCCCCCCCCCC)OC(=O)CCCCCCCCCCCCC/C=C\C/C=C\C/C=C\C/C=C\CCCCC. The number of hydrogen-bond donors (Lipinski definition) is 2. The van der Waals surface area contributed by atoms with Gasteiger partial charge in [0.15, 0.2) is 0 Å². The molecular weight excluding hydrogens is 964 g/mol. The number of phosphoric acid groups is 1. The highest BCUT2D eigenvalue weighted by atomic mass is 31.2. The van der Waals surface area contributed by atoms with E-state index in [0.717, 1.165) is 103 Å². The van der Waals surface area contributed by atoms with E-state index >= 15 is 0 Å². The molecule has 3 unspecified atom stereocenters. The zero-order chi connectivity index (χ0) is 55.7. The highest BCUT2D eigenvalue weighted by molar-refractivity contribution is 7.47. The van der Waals surface area contributed by atoms with Crippen molar-refractivity contribution in [3.8, 4) is 0 Å². The van der Waals surface area contributed by atoms with E-state index in [1.807, 2.05) is 33.3 Å². The van der Waals surface area contributed by atoms with Crippen LogP contribution in [0.15, 0.2) is 72.9 Å². The summed E-state index contributed by atoms with van der Waals surface area (Å²) in [7, 11) is 1.49. The van der Waals surface area contributed by atoms with Crippen LogP contribution in [0.25, 0.3) is 0 Å². The van der Waals surface area contributed by atoms with Gasteiger partial charge in [-0.25, -0.2) is 4.57 Å². The predicted molar refractivity (Wildman–Crippen MR) is 328 cm³/mol. The van der Waals surface area contributed by atoms with Crippen LogP contribution in [0, 0.1) is 0 Å². The maximum Gasteiger partial charge on any atom is 0.472 e. The third-order valence-corrected chi connectivity index (χ3v) is 14.9. The van der Waals surface area contributed by atoms with Crippen molar-refractivity contribution in [2.45, 2.75) is 296 Å². The minimum Gasteiger partial charge on any atom is -0.456 e. The number of hydrogen-bond acceptors (Lipinski definition) is 6. The number of phosphoric ester groups is 1. The van der Waals surface area contributed by atoms with Gasteiger partial charge in [-0.15, -0.1) is 0 Å². The maximum absolute atomic E-state index is 13.5. The molecule has 0 fully saturated rings. The maximum atomic E-state index is 13.5. The van der Waals surface area contributed by atoms with Crippen LogP contribution in [0.4, 0.5) is 0 Å². The standard InChI is InChI=1S/C66H121N2O7P/c1-7-10-13-16-19-22-25-27-28-29-30-31-32-33-34-35-36-37-38-39-40-41-44-47-50-53-56-59-66(70)75-64(57-54-51-48-45-43-26-23-20-17-14-11-8-2)63(62-74-76(71,72)73-61-60-68(4,5)6)67-65(69)58-55-52-49-46-42-24-21-18-15-12-9-3/h18-19,21-22,27-28,30-31,33-34,54,57,63-64H,7-17,20,23-26,29,32,35-53,55-56,58-62H2,1-6H3,(H-,67,69,71,72)/p+1/b21-18-,22-19-,28-27-,31-30-,34-33-,57-54-. The second kappa shape index (κ2) is 55.8. The number of rotatable bonds is 57. The van der Waals surface area contributed by atoms with E-state index in [-0.39, 0.29) is 31.5 Å². The summed E-state index contributed by atoms with van der Waals surface area (Å²) in [5.41, 5.74) is 0. The first-order valence-electron chi connectivity index (χ1n) is 31.8. The molecule has 3 atom stereocenters. The molecule has 0 aromatic carbocycles. The van der Waals surface area contributed by atoms with Gasteiger partial charge in [0, 0.05) is 12.8 Å². The largest absolute Gasteiger partial charge is 0.472 e. The van der Waals surface area contributed by atoms with Gasteiger partial charge < -0.3 is 19.4 Å². The van der Waals surface area contributed by atoms with Gasteiger partial charge in [-0.1, -0.05) is 248 Å². The second-order valence-corrected chi connectivity index (χ2v) is 24.0. The highest BCUT2D eigenvalue weighted by Gasteiger charge is 2.30. The third-order valence-electron chi connectivity index (χ3n) is 13.9. The number of quaternary nitrogens is 1. The predicted octanol–water partition coefficient (Wildman–Crippen LogP) is 19.6. The molecule has 0 rings (SSSR count). The van der Waals surface area contributed by atoms with E-state index < -0.39 is 20.0 Å². The first-order valence-corrected chi connectivity index (χ1v) is 33.3. The molecule has 0 bridgehead atoms. The summed E-state index contributed by atoms with van der Waals surface area (Å²) in [5, 5.41) is 3.04. The van der Waals surface area contributed by atoms with Gasteiger partial charge in [-0.3, -0.25) is 18.6 Å². The second-order valence-electron chi connectivity index (χ2n) is 22.6. The van der Waals surface area contributed by atoms with Crippen LogP contribution in [-0.4, -0.2) is 74.3 Å². The summed E-state index contributed by atoms with van der Waals surface area (Å²) in [5.74, 6) is -0.518. The van der Waals surface area contributed by atoms with Gasteiger partial charge in [0.25, 0.3) is 0 Å². The van der Waals surface area contributed by atoms with Gasteiger partial charge in [0.1, 0.15) is 19.3 Å². The molecule has 0 aromatic rings. The van der Waals surface area contributed by atoms with Crippen LogP contribution in [0.1, 0.15) is 284 Å². The van der Waals surface area contributed by atoms with Gasteiger partial charge in [0.2, 0.25) is 5.91 Å². The van der Waals surface area contributed by atoms with E-state index in [2.05, 4.69) is 86.8 Å². The number of nitrogens with one attached hydrogen (secondary N) is 1. The lowest BCUT2D eigenvalue weighted by Crippen LogP contribution is -2.47. The lowest BCUT2D eigenvalue weighted by Gasteiger charge is -2.27. The average Bonchev–Trinajstić information content (AvgIpc) is 3.38. The lowest BCUT2D eigenvalue weighted by atomic mass is 10.0. The Labute approximate surface area is 470 Å². The Hall–Kier alpha value is -2.55.